The van der Waals surface area contributed by atoms with Crippen molar-refractivity contribution in [2.45, 2.75) is 18.9 Å². The van der Waals surface area contributed by atoms with Gasteiger partial charge < -0.3 is 11.1 Å². The van der Waals surface area contributed by atoms with Gasteiger partial charge in [-0.1, -0.05) is 23.7 Å². The van der Waals surface area contributed by atoms with Crippen LogP contribution in [0.1, 0.15) is 24.4 Å². The van der Waals surface area contributed by atoms with Gasteiger partial charge in [0, 0.05) is 18.6 Å². The van der Waals surface area contributed by atoms with Crippen LogP contribution in [0.25, 0.3) is 0 Å². The summed E-state index contributed by atoms with van der Waals surface area (Å²) in [6.07, 6.45) is 2.52. The predicted molar refractivity (Wildman–Crippen MR) is 90.9 cm³/mol. The zero-order chi connectivity index (χ0) is 13.7. The van der Waals surface area contributed by atoms with E-state index >= 15 is 0 Å². The van der Waals surface area contributed by atoms with Crippen LogP contribution < -0.4 is 11.1 Å². The first-order valence-corrected chi connectivity index (χ1v) is 7.04. The van der Waals surface area contributed by atoms with Gasteiger partial charge in [-0.3, -0.25) is 9.89 Å². The average molecular weight is 362 g/mol. The van der Waals surface area contributed by atoms with Crippen LogP contribution in [0.2, 0.25) is 5.02 Å². The monoisotopic (exact) mass is 360 g/mol. The minimum atomic E-state index is 0. The number of guanidine groups is 1. The SMILES string of the molecule is Br.CN=C(N)NCC(c1cccc(Cl)c1)N1CCCC1. The topological polar surface area (TPSA) is 53.6 Å². The van der Waals surface area contributed by atoms with Crippen LogP contribution in [0.3, 0.4) is 0 Å². The third kappa shape index (κ3) is 4.65. The summed E-state index contributed by atoms with van der Waals surface area (Å²) in [4.78, 5) is 6.41. The van der Waals surface area contributed by atoms with Gasteiger partial charge in [-0.25, -0.2) is 0 Å². The molecule has 2 rings (SSSR count). The van der Waals surface area contributed by atoms with Crippen LogP contribution in [0.4, 0.5) is 0 Å². The molecule has 1 unspecified atom stereocenters. The summed E-state index contributed by atoms with van der Waals surface area (Å²) >= 11 is 6.10. The Kier molecular flexibility index (Phi) is 7.34. The minimum Gasteiger partial charge on any atom is -0.370 e. The normalized spacial score (nSPS) is 17.6. The van der Waals surface area contributed by atoms with Crippen LogP contribution in [-0.2, 0) is 0 Å². The summed E-state index contributed by atoms with van der Waals surface area (Å²) in [6, 6.07) is 8.35. The number of aliphatic imine (C=N–C) groups is 1. The van der Waals surface area contributed by atoms with Gasteiger partial charge in [-0.2, -0.15) is 0 Å². The lowest BCUT2D eigenvalue weighted by molar-refractivity contribution is 0.245. The molecular formula is C14H22BrClN4. The third-order valence-electron chi connectivity index (χ3n) is 3.53. The fourth-order valence-electron chi connectivity index (χ4n) is 2.51. The number of nitrogens with one attached hydrogen (secondary N) is 1. The second kappa shape index (κ2) is 8.49. The summed E-state index contributed by atoms with van der Waals surface area (Å²) in [7, 11) is 1.69. The fraction of sp³-hybridized carbons (Fsp3) is 0.500. The second-order valence-corrected chi connectivity index (χ2v) is 5.24. The summed E-state index contributed by atoms with van der Waals surface area (Å²) < 4.78 is 0. The molecule has 6 heteroatoms. The van der Waals surface area contributed by atoms with Crippen molar-refractivity contribution in [3.05, 3.63) is 34.9 Å². The smallest absolute Gasteiger partial charge is 0.188 e. The van der Waals surface area contributed by atoms with E-state index in [1.165, 1.54) is 18.4 Å². The van der Waals surface area contributed by atoms with E-state index in [0.29, 0.717) is 12.0 Å². The molecule has 1 aliphatic rings. The number of nitrogens with two attached hydrogens (primary N) is 1. The zero-order valence-corrected chi connectivity index (χ0v) is 14.1. The van der Waals surface area contributed by atoms with Gasteiger partial charge in [0.05, 0.1) is 6.04 Å². The maximum Gasteiger partial charge on any atom is 0.188 e. The van der Waals surface area contributed by atoms with Crippen LogP contribution in [-0.4, -0.2) is 37.5 Å². The maximum atomic E-state index is 6.10. The van der Waals surface area contributed by atoms with Gasteiger partial charge in [-0.15, -0.1) is 17.0 Å². The van der Waals surface area contributed by atoms with Crippen molar-refractivity contribution in [2.75, 3.05) is 26.7 Å². The van der Waals surface area contributed by atoms with Gasteiger partial charge in [0.1, 0.15) is 0 Å². The highest BCUT2D eigenvalue weighted by molar-refractivity contribution is 8.93. The standard InChI is InChI=1S/C14H21ClN4.BrH/c1-17-14(16)18-10-13(19-7-2-3-8-19)11-5-4-6-12(15)9-11;/h4-6,9,13H,2-3,7-8,10H2,1H3,(H3,16,17,18);1H. The Morgan fingerprint density at radius 3 is 2.75 bits per heavy atom. The molecule has 1 saturated heterocycles. The summed E-state index contributed by atoms with van der Waals surface area (Å²) in [6.45, 7) is 3.01. The van der Waals surface area contributed by atoms with Crippen molar-refractivity contribution in [3.63, 3.8) is 0 Å². The fourth-order valence-corrected chi connectivity index (χ4v) is 2.70. The minimum absolute atomic E-state index is 0. The van der Waals surface area contributed by atoms with E-state index in [4.69, 9.17) is 17.3 Å². The summed E-state index contributed by atoms with van der Waals surface area (Å²) in [5.74, 6) is 0.478. The van der Waals surface area contributed by atoms with E-state index in [-0.39, 0.29) is 17.0 Å². The third-order valence-corrected chi connectivity index (χ3v) is 3.77. The number of benzene rings is 1. The molecule has 1 aromatic rings. The van der Waals surface area contributed by atoms with Crippen molar-refractivity contribution in [1.29, 1.82) is 0 Å². The molecule has 0 bridgehead atoms. The lowest BCUT2D eigenvalue weighted by Crippen LogP contribution is -2.39. The zero-order valence-electron chi connectivity index (χ0n) is 11.7. The van der Waals surface area contributed by atoms with Crippen LogP contribution in [0.15, 0.2) is 29.3 Å². The first kappa shape index (κ1) is 17.3. The lowest BCUT2D eigenvalue weighted by atomic mass is 10.1. The van der Waals surface area contributed by atoms with Crippen molar-refractivity contribution in [2.24, 2.45) is 10.7 Å². The van der Waals surface area contributed by atoms with E-state index in [9.17, 15) is 0 Å². The van der Waals surface area contributed by atoms with Gasteiger partial charge in [-0.05, 0) is 43.6 Å². The van der Waals surface area contributed by atoms with Gasteiger partial charge >= 0.3 is 0 Å². The molecule has 20 heavy (non-hydrogen) atoms. The number of rotatable bonds is 4. The second-order valence-electron chi connectivity index (χ2n) is 4.80. The number of nitrogens with zero attached hydrogens (tertiary/aromatic N) is 2. The predicted octanol–water partition coefficient (Wildman–Crippen LogP) is 2.59. The van der Waals surface area contributed by atoms with Crippen molar-refractivity contribution in [1.82, 2.24) is 10.2 Å². The molecule has 0 aromatic heterocycles. The molecule has 0 spiro atoms. The first-order chi connectivity index (χ1) is 9.20. The van der Waals surface area contributed by atoms with Gasteiger partial charge in [0.2, 0.25) is 0 Å². The summed E-state index contributed by atoms with van der Waals surface area (Å²) in [5, 5.41) is 3.95. The molecule has 0 radical (unpaired) electrons. The molecule has 1 fully saturated rings. The van der Waals surface area contributed by atoms with Crippen LogP contribution >= 0.6 is 28.6 Å². The Labute approximate surface area is 136 Å². The Bertz CT molecular complexity index is 447. The molecule has 4 nitrogen and oxygen atoms in total. The Balaban J connectivity index is 0.00000200. The van der Waals surface area contributed by atoms with Crippen LogP contribution in [0, 0.1) is 0 Å². The molecular weight excluding hydrogens is 340 g/mol. The molecule has 112 valence electrons. The van der Waals surface area contributed by atoms with Gasteiger partial charge in [0.25, 0.3) is 0 Å². The largest absolute Gasteiger partial charge is 0.370 e. The molecule has 3 N–H and O–H groups in total. The highest BCUT2D eigenvalue weighted by Crippen LogP contribution is 2.26. The lowest BCUT2D eigenvalue weighted by Gasteiger charge is -2.28. The molecule has 1 atom stereocenters. The van der Waals surface area contributed by atoms with Crippen molar-refractivity contribution >= 4 is 34.5 Å². The number of hydrogen-bond donors (Lipinski definition) is 2. The van der Waals surface area contributed by atoms with E-state index in [0.717, 1.165) is 24.7 Å². The Morgan fingerprint density at radius 1 is 1.45 bits per heavy atom. The number of halogens is 2. The molecule has 0 saturated carbocycles. The van der Waals surface area contributed by atoms with Gasteiger partial charge in [0.15, 0.2) is 5.96 Å². The van der Waals surface area contributed by atoms with E-state index in [2.05, 4.69) is 21.3 Å². The highest BCUT2D eigenvalue weighted by atomic mass is 79.9. The van der Waals surface area contributed by atoms with Crippen molar-refractivity contribution < 1.29 is 0 Å². The molecule has 1 aliphatic heterocycles. The summed E-state index contributed by atoms with van der Waals surface area (Å²) in [5.41, 5.74) is 6.95. The Morgan fingerprint density at radius 2 is 2.15 bits per heavy atom. The maximum absolute atomic E-state index is 6.10. The van der Waals surface area contributed by atoms with Crippen LogP contribution in [0.5, 0.6) is 0 Å². The molecule has 0 aliphatic carbocycles. The van der Waals surface area contributed by atoms with E-state index in [1.807, 2.05) is 18.2 Å². The molecule has 1 heterocycles. The van der Waals surface area contributed by atoms with E-state index < -0.39 is 0 Å². The first-order valence-electron chi connectivity index (χ1n) is 6.66. The number of hydrogen-bond acceptors (Lipinski definition) is 2. The quantitative estimate of drug-likeness (QED) is 0.640. The van der Waals surface area contributed by atoms with E-state index in [1.54, 1.807) is 7.05 Å². The molecule has 0 amide bonds. The average Bonchev–Trinajstić information content (AvgIpc) is 2.93. The number of likely N-dealkylation sites (tertiary alicyclic amines) is 1. The molecule has 1 aromatic carbocycles. The Hall–Kier alpha value is -0.780. The highest BCUT2D eigenvalue weighted by Gasteiger charge is 2.23. The van der Waals surface area contributed by atoms with Crippen molar-refractivity contribution in [3.8, 4) is 0 Å².